The van der Waals surface area contributed by atoms with Gasteiger partial charge in [0.1, 0.15) is 36.2 Å². The van der Waals surface area contributed by atoms with Crippen molar-refractivity contribution in [1.29, 1.82) is 0 Å². The fraction of sp³-hybridized carbons (Fsp3) is 0.231. The Labute approximate surface area is 346 Å². The highest BCUT2D eigenvalue weighted by Crippen LogP contribution is 2.37. The molecule has 0 amide bonds. The minimum Gasteiger partial charge on any atom is -0.508 e. The molecule has 0 saturated heterocycles. The lowest BCUT2D eigenvalue weighted by Crippen LogP contribution is -2.19. The number of hydrogen-bond donors (Lipinski definition) is 2. The lowest BCUT2D eigenvalue weighted by atomic mass is 9.88. The van der Waals surface area contributed by atoms with Crippen molar-refractivity contribution in [1.82, 2.24) is 9.80 Å². The summed E-state index contributed by atoms with van der Waals surface area (Å²) in [6, 6.07) is 52.3. The zero-order chi connectivity index (χ0) is 41.3. The Morgan fingerprint density at radius 1 is 0.414 bits per heavy atom. The summed E-state index contributed by atoms with van der Waals surface area (Å²) in [6.07, 6.45) is 1.77. The van der Waals surface area contributed by atoms with Crippen molar-refractivity contribution < 1.29 is 19.7 Å². The third-order valence-electron chi connectivity index (χ3n) is 9.73. The van der Waals surface area contributed by atoms with Gasteiger partial charge in [-0.2, -0.15) is 0 Å². The first kappa shape index (κ1) is 43.1. The second kappa shape index (κ2) is 22.0. The highest BCUT2D eigenvalue weighted by Gasteiger charge is 2.15. The van der Waals surface area contributed by atoms with Gasteiger partial charge >= 0.3 is 0 Å². The van der Waals surface area contributed by atoms with Gasteiger partial charge in [0.2, 0.25) is 0 Å². The van der Waals surface area contributed by atoms with Gasteiger partial charge in [-0.15, -0.1) is 0 Å². The Kier molecular flexibility index (Phi) is 16.3. The quantitative estimate of drug-likeness (QED) is 0.0955. The molecule has 6 rings (SSSR count). The van der Waals surface area contributed by atoms with Gasteiger partial charge in [0.25, 0.3) is 0 Å². The second-order valence-electron chi connectivity index (χ2n) is 14.6. The standard InChI is InChI=1S/2C26H29NO2/c2*1-4-25(20-9-6-5-7-10-20)26(22-11-8-12-23(28)19-22)21-13-15-24(16-14-21)29-18-17-27(2)3/h2*5-16,19,28H,4,17-18H2,1-3H3/b26-25-;. The Hall–Kier alpha value is -6.08. The van der Waals surface area contributed by atoms with Crippen molar-refractivity contribution in [2.24, 2.45) is 0 Å². The molecule has 0 aliphatic carbocycles. The number of nitrogens with zero attached hydrogens (tertiary/aromatic N) is 2. The molecule has 0 bridgehead atoms. The molecule has 6 heteroatoms. The van der Waals surface area contributed by atoms with E-state index in [1.165, 1.54) is 22.3 Å². The second-order valence-corrected chi connectivity index (χ2v) is 14.6. The van der Waals surface area contributed by atoms with Crippen LogP contribution in [0.5, 0.6) is 23.0 Å². The lowest BCUT2D eigenvalue weighted by molar-refractivity contribution is 0.261. The van der Waals surface area contributed by atoms with Gasteiger partial charge in [0.05, 0.1) is 0 Å². The molecular formula is C52H58N2O4. The van der Waals surface area contributed by atoms with E-state index in [9.17, 15) is 10.2 Å². The van der Waals surface area contributed by atoms with Crippen molar-refractivity contribution in [2.75, 3.05) is 54.5 Å². The van der Waals surface area contributed by atoms with Crippen LogP contribution in [0.15, 0.2) is 158 Å². The minimum atomic E-state index is 0.271. The maximum atomic E-state index is 10.1. The first-order valence-electron chi connectivity index (χ1n) is 20.1. The van der Waals surface area contributed by atoms with Gasteiger partial charge in [0.15, 0.2) is 0 Å². The molecule has 0 aliphatic rings. The topological polar surface area (TPSA) is 65.4 Å². The summed E-state index contributed by atoms with van der Waals surface area (Å²) in [5.74, 6) is 2.27. The van der Waals surface area contributed by atoms with Crippen LogP contribution in [0.25, 0.3) is 22.3 Å². The van der Waals surface area contributed by atoms with Crippen molar-refractivity contribution in [2.45, 2.75) is 26.7 Å². The number of phenols is 2. The molecule has 58 heavy (non-hydrogen) atoms. The number of rotatable bonds is 16. The normalized spacial score (nSPS) is 12.0. The molecule has 0 spiro atoms. The summed E-state index contributed by atoms with van der Waals surface area (Å²) in [5, 5.41) is 20.1. The molecule has 6 aromatic carbocycles. The molecule has 0 unspecified atom stereocenters. The van der Waals surface area contributed by atoms with E-state index in [1.807, 2.05) is 88.9 Å². The van der Waals surface area contributed by atoms with E-state index >= 15 is 0 Å². The van der Waals surface area contributed by atoms with Crippen LogP contribution in [0.4, 0.5) is 0 Å². The summed E-state index contributed by atoms with van der Waals surface area (Å²) in [4.78, 5) is 4.20. The van der Waals surface area contributed by atoms with E-state index in [1.54, 1.807) is 12.1 Å². The lowest BCUT2D eigenvalue weighted by Gasteiger charge is -2.17. The van der Waals surface area contributed by atoms with Crippen LogP contribution in [0.3, 0.4) is 0 Å². The molecule has 0 aromatic heterocycles. The Bertz CT molecular complexity index is 2050. The zero-order valence-corrected chi connectivity index (χ0v) is 34.9. The first-order valence-corrected chi connectivity index (χ1v) is 20.1. The smallest absolute Gasteiger partial charge is 0.119 e. The van der Waals surface area contributed by atoms with E-state index < -0.39 is 0 Å². The van der Waals surface area contributed by atoms with Crippen LogP contribution < -0.4 is 9.47 Å². The third kappa shape index (κ3) is 12.5. The summed E-state index contributed by atoms with van der Waals surface area (Å²) >= 11 is 0. The Morgan fingerprint density at radius 3 is 1.07 bits per heavy atom. The fourth-order valence-electron chi connectivity index (χ4n) is 6.81. The van der Waals surface area contributed by atoms with Gasteiger partial charge in [-0.25, -0.2) is 0 Å². The number of benzene rings is 6. The minimum absolute atomic E-state index is 0.271. The highest BCUT2D eigenvalue weighted by atomic mass is 16.5. The van der Waals surface area contributed by atoms with E-state index in [2.05, 4.69) is 109 Å². The molecule has 2 N–H and O–H groups in total. The number of allylic oxidation sites excluding steroid dienone is 2. The summed E-state index contributed by atoms with van der Waals surface area (Å²) in [7, 11) is 8.15. The predicted molar refractivity (Wildman–Crippen MR) is 242 cm³/mol. The van der Waals surface area contributed by atoms with Crippen molar-refractivity contribution in [3.05, 3.63) is 191 Å². The zero-order valence-electron chi connectivity index (χ0n) is 34.9. The Morgan fingerprint density at radius 2 is 0.759 bits per heavy atom. The highest BCUT2D eigenvalue weighted by molar-refractivity contribution is 5.99. The van der Waals surface area contributed by atoms with Crippen molar-refractivity contribution >= 4 is 22.3 Å². The molecule has 6 aromatic rings. The maximum absolute atomic E-state index is 10.1. The van der Waals surface area contributed by atoms with Crippen LogP contribution in [-0.4, -0.2) is 74.5 Å². The van der Waals surface area contributed by atoms with Crippen molar-refractivity contribution in [3.8, 4) is 23.0 Å². The Balaban J connectivity index is 0.000000221. The van der Waals surface area contributed by atoms with E-state index in [4.69, 9.17) is 9.47 Å². The number of hydrogen-bond acceptors (Lipinski definition) is 6. The fourth-order valence-corrected chi connectivity index (χ4v) is 6.81. The molecule has 0 atom stereocenters. The van der Waals surface area contributed by atoms with Crippen LogP contribution in [0.1, 0.15) is 60.1 Å². The van der Waals surface area contributed by atoms with Crippen LogP contribution in [0, 0.1) is 0 Å². The van der Waals surface area contributed by atoms with Crippen LogP contribution in [0.2, 0.25) is 0 Å². The van der Waals surface area contributed by atoms with Gasteiger partial charge < -0.3 is 29.5 Å². The first-order chi connectivity index (χ1) is 28.2. The molecule has 0 saturated carbocycles. The predicted octanol–water partition coefficient (Wildman–Crippen LogP) is 11.4. The monoisotopic (exact) mass is 774 g/mol. The summed E-state index contributed by atoms with van der Waals surface area (Å²) in [5.41, 5.74) is 11.4. The van der Waals surface area contributed by atoms with Gasteiger partial charge in [-0.1, -0.05) is 123 Å². The van der Waals surface area contributed by atoms with Gasteiger partial charge in [-0.3, -0.25) is 0 Å². The molecule has 0 heterocycles. The van der Waals surface area contributed by atoms with Crippen LogP contribution >= 0.6 is 0 Å². The van der Waals surface area contributed by atoms with E-state index in [-0.39, 0.29) is 11.5 Å². The third-order valence-corrected chi connectivity index (χ3v) is 9.73. The molecule has 0 fully saturated rings. The van der Waals surface area contributed by atoms with E-state index in [0.29, 0.717) is 13.2 Å². The summed E-state index contributed by atoms with van der Waals surface area (Å²) < 4.78 is 11.7. The van der Waals surface area contributed by atoms with Gasteiger partial charge in [-0.05, 0) is 145 Å². The maximum Gasteiger partial charge on any atom is 0.119 e. The van der Waals surface area contributed by atoms with Gasteiger partial charge in [0, 0.05) is 13.1 Å². The number of phenolic OH excluding ortho intramolecular Hbond substituents is 2. The number of ether oxygens (including phenoxy) is 2. The van der Waals surface area contributed by atoms with E-state index in [0.717, 1.165) is 70.8 Å². The SMILES string of the molecule is CC/C(=C(\c1ccc(OCCN(C)C)cc1)c1cccc(O)c1)c1ccccc1.CCC(=C(c1ccc(OCCN(C)C)cc1)c1cccc(O)c1)c1ccccc1. The average Bonchev–Trinajstić information content (AvgIpc) is 3.23. The molecule has 0 aliphatic heterocycles. The number of aromatic hydroxyl groups is 2. The number of likely N-dealkylation sites (N-methyl/N-ethyl adjacent to an activating group) is 2. The average molecular weight is 775 g/mol. The molecule has 300 valence electrons. The molecule has 0 radical (unpaired) electrons. The van der Waals surface area contributed by atoms with Crippen molar-refractivity contribution in [3.63, 3.8) is 0 Å². The summed E-state index contributed by atoms with van der Waals surface area (Å²) in [6.45, 7) is 7.42. The molecular weight excluding hydrogens is 717 g/mol. The van der Waals surface area contributed by atoms with Crippen LogP contribution in [-0.2, 0) is 0 Å². The molecule has 6 nitrogen and oxygen atoms in total. The largest absolute Gasteiger partial charge is 0.508 e.